The van der Waals surface area contributed by atoms with Crippen LogP contribution in [0.4, 0.5) is 0 Å². The third kappa shape index (κ3) is 3.39. The molecule has 3 heterocycles. The first-order valence-electron chi connectivity index (χ1n) is 8.27. The summed E-state index contributed by atoms with van der Waals surface area (Å²) in [7, 11) is 1.61. The van der Waals surface area contributed by atoms with Crippen LogP contribution in [-0.2, 0) is 0 Å². The molecule has 6 nitrogen and oxygen atoms in total. The van der Waals surface area contributed by atoms with Crippen molar-refractivity contribution >= 4 is 32.8 Å². The van der Waals surface area contributed by atoms with Crippen molar-refractivity contribution in [2.45, 2.75) is 12.5 Å². The maximum atomic E-state index is 12.7. The first-order valence-corrected chi connectivity index (χ1v) is 9.07. The van der Waals surface area contributed by atoms with Crippen molar-refractivity contribution < 1.29 is 18.7 Å². The molecule has 1 unspecified atom stereocenters. The van der Waals surface area contributed by atoms with Gasteiger partial charge in [0.15, 0.2) is 5.76 Å². The monoisotopic (exact) mass is 416 g/mol. The van der Waals surface area contributed by atoms with Gasteiger partial charge in [-0.25, -0.2) is 4.98 Å². The fourth-order valence-electron chi connectivity index (χ4n) is 3.02. The Bertz CT molecular complexity index is 938. The number of pyridine rings is 1. The molecule has 0 bridgehead atoms. The highest BCUT2D eigenvalue weighted by Crippen LogP contribution is 2.26. The predicted molar refractivity (Wildman–Crippen MR) is 99.6 cm³/mol. The second kappa shape index (κ2) is 6.99. The molecule has 1 atom stereocenters. The quantitative estimate of drug-likeness (QED) is 0.645. The number of likely N-dealkylation sites (tertiary alicyclic amines) is 1. The molecule has 7 heteroatoms. The lowest BCUT2D eigenvalue weighted by atomic mass is 10.2. The van der Waals surface area contributed by atoms with E-state index in [1.165, 1.54) is 0 Å². The number of halogens is 1. The summed E-state index contributed by atoms with van der Waals surface area (Å²) in [5.41, 5.74) is 0.667. The number of ether oxygens (including phenoxy) is 2. The van der Waals surface area contributed by atoms with Crippen LogP contribution in [0.5, 0.6) is 11.6 Å². The van der Waals surface area contributed by atoms with Crippen LogP contribution in [0.2, 0.25) is 0 Å². The molecule has 0 spiro atoms. The van der Waals surface area contributed by atoms with Crippen molar-refractivity contribution in [1.29, 1.82) is 0 Å². The number of aromatic nitrogens is 1. The first kappa shape index (κ1) is 16.9. The minimum atomic E-state index is -0.130. The maximum Gasteiger partial charge on any atom is 0.289 e. The normalized spacial score (nSPS) is 16.8. The summed E-state index contributed by atoms with van der Waals surface area (Å²) < 4.78 is 17.7. The average Bonchev–Trinajstić information content (AvgIpc) is 3.29. The standard InChI is InChI=1S/C19H17BrN2O4/c1-24-14-3-4-16-12(8-14)9-17(26-16)19(23)22-7-6-15(11-22)25-18-5-2-13(20)10-21-18/h2-5,8-10,15H,6-7,11H2,1H3. The number of hydrogen-bond donors (Lipinski definition) is 0. The highest BCUT2D eigenvalue weighted by atomic mass is 79.9. The van der Waals surface area contributed by atoms with Gasteiger partial charge in [-0.1, -0.05) is 0 Å². The average molecular weight is 417 g/mol. The molecule has 2 aromatic heterocycles. The van der Waals surface area contributed by atoms with E-state index in [-0.39, 0.29) is 12.0 Å². The molecule has 4 rings (SSSR count). The van der Waals surface area contributed by atoms with E-state index in [1.54, 1.807) is 36.4 Å². The summed E-state index contributed by atoms with van der Waals surface area (Å²) in [5, 5.41) is 0.846. The van der Waals surface area contributed by atoms with Crippen molar-refractivity contribution in [1.82, 2.24) is 9.88 Å². The van der Waals surface area contributed by atoms with Gasteiger partial charge < -0.3 is 18.8 Å². The van der Waals surface area contributed by atoms with Crippen LogP contribution in [0.1, 0.15) is 17.0 Å². The van der Waals surface area contributed by atoms with E-state index in [1.807, 2.05) is 18.2 Å². The Morgan fingerprint density at radius 2 is 2.19 bits per heavy atom. The Kier molecular flexibility index (Phi) is 4.55. The molecule has 1 aromatic carbocycles. The molecule has 134 valence electrons. The third-order valence-corrected chi connectivity index (χ3v) is 4.82. The van der Waals surface area contributed by atoms with Crippen molar-refractivity contribution in [3.05, 3.63) is 52.8 Å². The lowest BCUT2D eigenvalue weighted by molar-refractivity contribution is 0.0742. The molecule has 0 aliphatic carbocycles. The van der Waals surface area contributed by atoms with Crippen molar-refractivity contribution in [2.24, 2.45) is 0 Å². The fourth-order valence-corrected chi connectivity index (χ4v) is 3.26. The first-order chi connectivity index (χ1) is 12.6. The van der Waals surface area contributed by atoms with Gasteiger partial charge in [-0.05, 0) is 46.3 Å². The molecule has 1 aliphatic rings. The van der Waals surface area contributed by atoms with Crippen molar-refractivity contribution in [3.63, 3.8) is 0 Å². The van der Waals surface area contributed by atoms with Gasteiger partial charge >= 0.3 is 0 Å². The number of hydrogen-bond acceptors (Lipinski definition) is 5. The lowest BCUT2D eigenvalue weighted by Gasteiger charge is -2.15. The summed E-state index contributed by atoms with van der Waals surface area (Å²) in [6.07, 6.45) is 2.38. The minimum Gasteiger partial charge on any atom is -0.497 e. The topological polar surface area (TPSA) is 64.8 Å². The molecule has 1 fully saturated rings. The van der Waals surface area contributed by atoms with Crippen LogP contribution in [0, 0.1) is 0 Å². The van der Waals surface area contributed by atoms with Gasteiger partial charge in [0.1, 0.15) is 17.4 Å². The van der Waals surface area contributed by atoms with E-state index < -0.39 is 0 Å². The molecule has 0 saturated carbocycles. The maximum absolute atomic E-state index is 12.7. The smallest absolute Gasteiger partial charge is 0.289 e. The van der Waals surface area contributed by atoms with Crippen LogP contribution >= 0.6 is 15.9 Å². The number of benzene rings is 1. The van der Waals surface area contributed by atoms with Crippen LogP contribution in [-0.4, -0.2) is 42.1 Å². The Balaban J connectivity index is 1.44. The van der Waals surface area contributed by atoms with Crippen molar-refractivity contribution in [3.8, 4) is 11.6 Å². The summed E-state index contributed by atoms with van der Waals surface area (Å²) in [6, 6.07) is 10.9. The molecule has 3 aromatic rings. The summed E-state index contributed by atoms with van der Waals surface area (Å²) in [6.45, 7) is 1.14. The van der Waals surface area contributed by atoms with Crippen LogP contribution in [0.25, 0.3) is 11.0 Å². The highest BCUT2D eigenvalue weighted by Gasteiger charge is 2.30. The van der Waals surface area contributed by atoms with Crippen molar-refractivity contribution in [2.75, 3.05) is 20.2 Å². The van der Waals surface area contributed by atoms with Gasteiger partial charge in [0.05, 0.1) is 13.7 Å². The number of fused-ring (bicyclic) bond motifs is 1. The number of furan rings is 1. The predicted octanol–water partition coefficient (Wildman–Crippen LogP) is 3.89. The number of rotatable bonds is 4. The van der Waals surface area contributed by atoms with Crippen LogP contribution < -0.4 is 9.47 Å². The van der Waals surface area contributed by atoms with Crippen LogP contribution in [0.3, 0.4) is 0 Å². The van der Waals surface area contributed by atoms with E-state index in [4.69, 9.17) is 13.9 Å². The number of carbonyl (C=O) groups excluding carboxylic acids is 1. The van der Waals surface area contributed by atoms with Gasteiger partial charge in [-0.3, -0.25) is 4.79 Å². The lowest BCUT2D eigenvalue weighted by Crippen LogP contribution is -2.30. The largest absolute Gasteiger partial charge is 0.497 e. The van der Waals surface area contributed by atoms with Gasteiger partial charge in [0.2, 0.25) is 5.88 Å². The number of nitrogens with zero attached hydrogens (tertiary/aromatic N) is 2. The second-order valence-electron chi connectivity index (χ2n) is 6.11. The molecule has 1 saturated heterocycles. The zero-order valence-electron chi connectivity index (χ0n) is 14.1. The number of carbonyl (C=O) groups is 1. The third-order valence-electron chi connectivity index (χ3n) is 4.35. The molecular weight excluding hydrogens is 400 g/mol. The van der Waals surface area contributed by atoms with Gasteiger partial charge in [-0.2, -0.15) is 0 Å². The van der Waals surface area contributed by atoms with Gasteiger partial charge in [-0.15, -0.1) is 0 Å². The van der Waals surface area contributed by atoms with E-state index in [0.29, 0.717) is 30.3 Å². The van der Waals surface area contributed by atoms with Gasteiger partial charge in [0, 0.05) is 35.1 Å². The SMILES string of the molecule is COc1ccc2oc(C(=O)N3CCC(Oc4ccc(Br)cn4)C3)cc2c1. The zero-order valence-corrected chi connectivity index (χ0v) is 15.7. The van der Waals surface area contributed by atoms with Crippen LogP contribution in [0.15, 0.2) is 51.5 Å². The molecule has 1 amide bonds. The molecule has 0 radical (unpaired) electrons. The highest BCUT2D eigenvalue weighted by molar-refractivity contribution is 9.10. The Hall–Kier alpha value is -2.54. The fraction of sp³-hybridized carbons (Fsp3) is 0.263. The molecular formula is C19H17BrN2O4. The molecule has 0 N–H and O–H groups in total. The summed E-state index contributed by atoms with van der Waals surface area (Å²) in [4.78, 5) is 18.7. The van der Waals surface area contributed by atoms with E-state index >= 15 is 0 Å². The summed E-state index contributed by atoms with van der Waals surface area (Å²) in [5.74, 6) is 1.49. The Labute approximate surface area is 158 Å². The molecule has 26 heavy (non-hydrogen) atoms. The van der Waals surface area contributed by atoms with Gasteiger partial charge in [0.25, 0.3) is 5.91 Å². The molecule has 1 aliphatic heterocycles. The van der Waals surface area contributed by atoms with E-state index in [0.717, 1.165) is 22.0 Å². The minimum absolute atomic E-state index is 0.0721. The number of amides is 1. The number of methoxy groups -OCH3 is 1. The van der Waals surface area contributed by atoms with E-state index in [9.17, 15) is 4.79 Å². The van der Waals surface area contributed by atoms with E-state index in [2.05, 4.69) is 20.9 Å². The summed E-state index contributed by atoms with van der Waals surface area (Å²) >= 11 is 3.35. The Morgan fingerprint density at radius 1 is 1.31 bits per heavy atom. The zero-order chi connectivity index (χ0) is 18.1. The second-order valence-corrected chi connectivity index (χ2v) is 7.02. The Morgan fingerprint density at radius 3 is 2.96 bits per heavy atom.